The van der Waals surface area contributed by atoms with Crippen LogP contribution in [0.1, 0.15) is 17.3 Å². The number of piperazine rings is 1. The van der Waals surface area contributed by atoms with Gasteiger partial charge in [0.05, 0.1) is 6.33 Å². The van der Waals surface area contributed by atoms with Crippen molar-refractivity contribution in [2.24, 2.45) is 0 Å². The Morgan fingerprint density at radius 2 is 2.18 bits per heavy atom. The minimum atomic E-state index is 0. The molecular formula is C15H20Cl2N4O. The molecule has 3 rings (SSSR count). The van der Waals surface area contributed by atoms with Crippen molar-refractivity contribution in [2.45, 2.75) is 13.0 Å². The Hall–Kier alpha value is -1.56. The van der Waals surface area contributed by atoms with Crippen LogP contribution >= 0.6 is 24.8 Å². The third kappa shape index (κ3) is 3.80. The van der Waals surface area contributed by atoms with Gasteiger partial charge in [0.1, 0.15) is 0 Å². The van der Waals surface area contributed by atoms with Gasteiger partial charge < -0.3 is 14.8 Å². The van der Waals surface area contributed by atoms with Crippen LogP contribution in [0.5, 0.6) is 0 Å². The van der Waals surface area contributed by atoms with Crippen LogP contribution in [-0.2, 0) is 0 Å². The SMILES string of the molecule is C[C@H]1CNCCN1C(=O)c1cccc(-n2ccnc2)c1.Cl.Cl. The number of halogens is 2. The molecule has 1 amide bonds. The number of carbonyl (C=O) groups excluding carboxylic acids is 1. The second-order valence-electron chi connectivity index (χ2n) is 5.07. The van der Waals surface area contributed by atoms with E-state index in [0.29, 0.717) is 0 Å². The van der Waals surface area contributed by atoms with Crippen LogP contribution in [0.4, 0.5) is 0 Å². The first kappa shape index (κ1) is 18.5. The summed E-state index contributed by atoms with van der Waals surface area (Å²) in [6.07, 6.45) is 5.33. The fraction of sp³-hybridized carbons (Fsp3) is 0.333. The monoisotopic (exact) mass is 342 g/mol. The lowest BCUT2D eigenvalue weighted by Crippen LogP contribution is -2.52. The predicted octanol–water partition coefficient (Wildman–Crippen LogP) is 2.15. The highest BCUT2D eigenvalue weighted by atomic mass is 35.5. The summed E-state index contributed by atoms with van der Waals surface area (Å²) in [5, 5.41) is 3.30. The van der Waals surface area contributed by atoms with Crippen molar-refractivity contribution in [3.63, 3.8) is 0 Å². The van der Waals surface area contributed by atoms with Crippen molar-refractivity contribution in [1.82, 2.24) is 19.8 Å². The minimum absolute atomic E-state index is 0. The number of carbonyl (C=O) groups is 1. The average Bonchev–Trinajstić information content (AvgIpc) is 3.01. The molecule has 1 aromatic carbocycles. The maximum absolute atomic E-state index is 12.6. The van der Waals surface area contributed by atoms with Gasteiger partial charge in [0.25, 0.3) is 5.91 Å². The van der Waals surface area contributed by atoms with Crippen LogP contribution in [0.25, 0.3) is 5.69 Å². The molecule has 0 saturated carbocycles. The minimum Gasteiger partial charge on any atom is -0.333 e. The molecule has 120 valence electrons. The van der Waals surface area contributed by atoms with Gasteiger partial charge >= 0.3 is 0 Å². The lowest BCUT2D eigenvalue weighted by atomic mass is 10.1. The molecule has 1 fully saturated rings. The highest BCUT2D eigenvalue weighted by Crippen LogP contribution is 2.14. The maximum atomic E-state index is 12.6. The van der Waals surface area contributed by atoms with E-state index in [0.717, 1.165) is 30.9 Å². The normalized spacial score (nSPS) is 17.3. The quantitative estimate of drug-likeness (QED) is 0.909. The van der Waals surface area contributed by atoms with Crippen LogP contribution in [-0.4, -0.2) is 46.0 Å². The Morgan fingerprint density at radius 3 is 2.86 bits per heavy atom. The second-order valence-corrected chi connectivity index (χ2v) is 5.07. The molecule has 1 aliphatic heterocycles. The van der Waals surface area contributed by atoms with Crippen molar-refractivity contribution in [3.8, 4) is 5.69 Å². The lowest BCUT2D eigenvalue weighted by molar-refractivity contribution is 0.0655. The van der Waals surface area contributed by atoms with Gasteiger partial charge in [-0.3, -0.25) is 4.79 Å². The highest BCUT2D eigenvalue weighted by Gasteiger charge is 2.24. The van der Waals surface area contributed by atoms with Crippen molar-refractivity contribution in [3.05, 3.63) is 48.5 Å². The van der Waals surface area contributed by atoms with E-state index in [1.165, 1.54) is 0 Å². The van der Waals surface area contributed by atoms with Crippen LogP contribution in [0.15, 0.2) is 43.0 Å². The Morgan fingerprint density at radius 1 is 1.36 bits per heavy atom. The Kier molecular flexibility index (Phi) is 6.87. The third-order valence-electron chi connectivity index (χ3n) is 3.66. The Labute approximate surface area is 142 Å². The topological polar surface area (TPSA) is 50.2 Å². The fourth-order valence-corrected chi connectivity index (χ4v) is 2.52. The summed E-state index contributed by atoms with van der Waals surface area (Å²) in [5.74, 6) is 0.0981. The molecule has 5 nitrogen and oxygen atoms in total. The van der Waals surface area contributed by atoms with Gasteiger partial charge in [-0.15, -0.1) is 24.8 Å². The summed E-state index contributed by atoms with van der Waals surface area (Å²) < 4.78 is 1.90. The lowest BCUT2D eigenvalue weighted by Gasteiger charge is -2.34. The first-order chi connectivity index (χ1) is 9.75. The highest BCUT2D eigenvalue weighted by molar-refractivity contribution is 5.95. The molecule has 0 radical (unpaired) electrons. The van der Waals surface area contributed by atoms with Gasteiger partial charge in [0.2, 0.25) is 0 Å². The molecule has 2 heterocycles. The van der Waals surface area contributed by atoms with Crippen LogP contribution in [0, 0.1) is 0 Å². The summed E-state index contributed by atoms with van der Waals surface area (Å²) in [7, 11) is 0. The zero-order valence-electron chi connectivity index (χ0n) is 12.3. The molecule has 1 saturated heterocycles. The van der Waals surface area contributed by atoms with Gasteiger partial charge in [-0.05, 0) is 25.1 Å². The third-order valence-corrected chi connectivity index (χ3v) is 3.66. The number of benzene rings is 1. The Balaban J connectivity index is 0.00000121. The summed E-state index contributed by atoms with van der Waals surface area (Å²) >= 11 is 0. The van der Waals surface area contributed by atoms with Crippen LogP contribution in [0.3, 0.4) is 0 Å². The number of hydrogen-bond donors (Lipinski definition) is 1. The molecule has 1 N–H and O–H groups in total. The van der Waals surface area contributed by atoms with E-state index >= 15 is 0 Å². The van der Waals surface area contributed by atoms with Gasteiger partial charge in [-0.2, -0.15) is 0 Å². The maximum Gasteiger partial charge on any atom is 0.254 e. The van der Waals surface area contributed by atoms with E-state index in [1.54, 1.807) is 12.5 Å². The van der Waals surface area contributed by atoms with Crippen molar-refractivity contribution in [2.75, 3.05) is 19.6 Å². The number of rotatable bonds is 2. The summed E-state index contributed by atoms with van der Waals surface area (Å²) in [4.78, 5) is 18.6. The molecule has 0 spiro atoms. The smallest absolute Gasteiger partial charge is 0.254 e. The van der Waals surface area contributed by atoms with Gasteiger partial charge in [0.15, 0.2) is 0 Å². The molecule has 0 unspecified atom stereocenters. The first-order valence-corrected chi connectivity index (χ1v) is 6.86. The van der Waals surface area contributed by atoms with Crippen molar-refractivity contribution >= 4 is 30.7 Å². The zero-order chi connectivity index (χ0) is 13.9. The van der Waals surface area contributed by atoms with E-state index < -0.39 is 0 Å². The predicted molar refractivity (Wildman–Crippen MR) is 91.4 cm³/mol. The molecule has 0 aliphatic carbocycles. The fourth-order valence-electron chi connectivity index (χ4n) is 2.52. The largest absolute Gasteiger partial charge is 0.333 e. The summed E-state index contributed by atoms with van der Waals surface area (Å²) in [6, 6.07) is 7.90. The molecule has 1 aromatic heterocycles. The number of nitrogens with one attached hydrogen (secondary N) is 1. The van der Waals surface area contributed by atoms with E-state index in [1.807, 2.05) is 39.9 Å². The van der Waals surface area contributed by atoms with E-state index in [-0.39, 0.29) is 36.8 Å². The molecular weight excluding hydrogens is 323 g/mol. The van der Waals surface area contributed by atoms with Crippen molar-refractivity contribution < 1.29 is 4.79 Å². The van der Waals surface area contributed by atoms with E-state index in [9.17, 15) is 4.79 Å². The van der Waals surface area contributed by atoms with Crippen LogP contribution in [0.2, 0.25) is 0 Å². The Bertz CT molecular complexity index is 603. The number of nitrogens with zero attached hydrogens (tertiary/aromatic N) is 3. The second kappa shape index (κ2) is 8.17. The van der Waals surface area contributed by atoms with Crippen molar-refractivity contribution in [1.29, 1.82) is 0 Å². The van der Waals surface area contributed by atoms with E-state index in [4.69, 9.17) is 0 Å². The molecule has 1 aliphatic rings. The molecule has 1 atom stereocenters. The number of aromatic nitrogens is 2. The number of hydrogen-bond acceptors (Lipinski definition) is 3. The molecule has 0 bridgehead atoms. The van der Waals surface area contributed by atoms with Gasteiger partial charge in [-0.25, -0.2) is 4.98 Å². The summed E-state index contributed by atoms with van der Waals surface area (Å²) in [6.45, 7) is 4.54. The first-order valence-electron chi connectivity index (χ1n) is 6.86. The number of amides is 1. The van der Waals surface area contributed by atoms with Gasteiger partial charge in [-0.1, -0.05) is 6.07 Å². The number of imidazole rings is 1. The summed E-state index contributed by atoms with van der Waals surface area (Å²) in [5.41, 5.74) is 1.68. The van der Waals surface area contributed by atoms with E-state index in [2.05, 4.69) is 17.2 Å². The molecule has 2 aromatic rings. The molecule has 22 heavy (non-hydrogen) atoms. The zero-order valence-corrected chi connectivity index (χ0v) is 13.9. The van der Waals surface area contributed by atoms with Crippen LogP contribution < -0.4 is 5.32 Å². The van der Waals surface area contributed by atoms with Gasteiger partial charge in [0, 0.05) is 49.3 Å². The molecule has 7 heteroatoms. The standard InChI is InChI=1S/C15H18N4O.2ClH/c1-12-10-16-6-8-19(12)15(20)13-3-2-4-14(9-13)18-7-5-17-11-18;;/h2-5,7,9,11-12,16H,6,8,10H2,1H3;2*1H/t12-;;/m0../s1. The average molecular weight is 343 g/mol.